The quantitative estimate of drug-likeness (QED) is 0.176. The number of hydrogen-bond donors (Lipinski definition) is 0. The molecule has 0 aromatic carbocycles. The second kappa shape index (κ2) is 10.4. The molecule has 0 aromatic heterocycles. The summed E-state index contributed by atoms with van der Waals surface area (Å²) in [5.41, 5.74) is 0. The average molecular weight is 409 g/mol. The van der Waals surface area contributed by atoms with Gasteiger partial charge in [-0.1, -0.05) is 64.8 Å². The first-order chi connectivity index (χ1) is 12.9. The van der Waals surface area contributed by atoms with Gasteiger partial charge in [0.2, 0.25) is 5.79 Å². The summed E-state index contributed by atoms with van der Waals surface area (Å²) in [7, 11) is -1.97. The minimum Gasteiger partial charge on any atom is -0.457 e. The molecule has 0 aliphatic carbocycles. The van der Waals surface area contributed by atoms with E-state index in [1.807, 2.05) is 0 Å². The molecule has 0 saturated heterocycles. The van der Waals surface area contributed by atoms with Gasteiger partial charge in [-0.3, -0.25) is 0 Å². The third kappa shape index (κ3) is 8.78. The van der Waals surface area contributed by atoms with Crippen LogP contribution >= 0.6 is 0 Å². The van der Waals surface area contributed by atoms with Crippen molar-refractivity contribution in [1.29, 1.82) is 0 Å². The Hall–Kier alpha value is -1.33. The van der Waals surface area contributed by atoms with E-state index >= 15 is 0 Å². The number of hydrogen-bond acceptors (Lipinski definition) is 4. The van der Waals surface area contributed by atoms with Crippen LogP contribution in [-0.2, 0) is 18.7 Å². The Bertz CT molecular complexity index is 594. The molecule has 1 unspecified atom stereocenters. The SMILES string of the molecule is CCCCC/C=C/C=C/C(CC1=CC(=O)OC(C)(C)O1)O[Si](C)(C)C(C)(C)C. The maximum absolute atomic E-state index is 11.9. The molecule has 0 N–H and O–H groups in total. The first-order valence-electron chi connectivity index (χ1n) is 10.5. The minimum atomic E-state index is -1.97. The van der Waals surface area contributed by atoms with Crippen molar-refractivity contribution in [3.05, 3.63) is 36.1 Å². The van der Waals surface area contributed by atoms with E-state index in [9.17, 15) is 4.79 Å². The van der Waals surface area contributed by atoms with Crippen molar-refractivity contribution in [3.63, 3.8) is 0 Å². The summed E-state index contributed by atoms with van der Waals surface area (Å²) in [6.45, 7) is 16.9. The summed E-state index contributed by atoms with van der Waals surface area (Å²) in [4.78, 5) is 11.9. The Labute approximate surface area is 173 Å². The molecule has 1 heterocycles. The van der Waals surface area contributed by atoms with Gasteiger partial charge in [-0.05, 0) is 31.0 Å². The summed E-state index contributed by atoms with van der Waals surface area (Å²) < 4.78 is 17.6. The topological polar surface area (TPSA) is 44.8 Å². The van der Waals surface area contributed by atoms with Gasteiger partial charge in [0, 0.05) is 20.3 Å². The van der Waals surface area contributed by atoms with Crippen LogP contribution < -0.4 is 0 Å². The molecule has 1 rings (SSSR count). The lowest BCUT2D eigenvalue weighted by atomic mass is 10.1. The van der Waals surface area contributed by atoms with Gasteiger partial charge in [0.1, 0.15) is 5.76 Å². The average Bonchev–Trinajstić information content (AvgIpc) is 2.50. The van der Waals surface area contributed by atoms with Crippen molar-refractivity contribution in [1.82, 2.24) is 0 Å². The van der Waals surface area contributed by atoms with E-state index < -0.39 is 14.1 Å². The Morgan fingerprint density at radius 1 is 1.18 bits per heavy atom. The zero-order chi connectivity index (χ0) is 21.4. The standard InChI is InChI=1S/C23H40O4Si/c1-9-10-11-12-13-14-15-16-19(27-28(7,8)22(2,3)4)17-20-18-21(24)26-23(5,6)25-20/h13-16,18-19H,9-12,17H2,1-8H3/b14-13+,16-15+. The number of rotatable bonds is 10. The molecule has 0 radical (unpaired) electrons. The van der Waals surface area contributed by atoms with Crippen LogP contribution in [0.2, 0.25) is 18.1 Å². The number of unbranched alkanes of at least 4 members (excludes halogenated alkanes) is 3. The number of carbonyl (C=O) groups is 1. The molecule has 0 bridgehead atoms. The zero-order valence-corrected chi connectivity index (χ0v) is 20.1. The van der Waals surface area contributed by atoms with Gasteiger partial charge in [0.15, 0.2) is 8.32 Å². The van der Waals surface area contributed by atoms with E-state index in [0.29, 0.717) is 12.2 Å². The second-order valence-electron chi connectivity index (χ2n) is 9.46. The summed E-state index contributed by atoms with van der Waals surface area (Å²) in [6.07, 6.45) is 15.1. The molecule has 0 amide bonds. The maximum Gasteiger partial charge on any atom is 0.337 e. The lowest BCUT2D eigenvalue weighted by molar-refractivity contribution is -0.206. The van der Waals surface area contributed by atoms with Crippen molar-refractivity contribution in [2.45, 2.75) is 104 Å². The Morgan fingerprint density at radius 3 is 2.43 bits per heavy atom. The highest BCUT2D eigenvalue weighted by atomic mass is 28.4. The zero-order valence-electron chi connectivity index (χ0n) is 19.1. The molecule has 4 nitrogen and oxygen atoms in total. The van der Waals surface area contributed by atoms with Crippen LogP contribution in [0.25, 0.3) is 0 Å². The van der Waals surface area contributed by atoms with E-state index in [-0.39, 0.29) is 17.1 Å². The van der Waals surface area contributed by atoms with Gasteiger partial charge in [0.05, 0.1) is 12.2 Å². The number of cyclic esters (lactones) is 1. The molecular weight excluding hydrogens is 368 g/mol. The van der Waals surface area contributed by atoms with Gasteiger partial charge < -0.3 is 13.9 Å². The number of esters is 1. The molecular formula is C23H40O4Si. The lowest BCUT2D eigenvalue weighted by Crippen LogP contribution is -2.44. The second-order valence-corrected chi connectivity index (χ2v) is 14.2. The minimum absolute atomic E-state index is 0.106. The van der Waals surface area contributed by atoms with Gasteiger partial charge in [0.25, 0.3) is 0 Å². The summed E-state index contributed by atoms with van der Waals surface area (Å²) >= 11 is 0. The van der Waals surface area contributed by atoms with Crippen LogP contribution in [0.1, 0.15) is 73.6 Å². The lowest BCUT2D eigenvalue weighted by Gasteiger charge is -2.39. The number of carbonyl (C=O) groups excluding carboxylic acids is 1. The summed E-state index contributed by atoms with van der Waals surface area (Å²) in [5, 5.41) is 0.106. The fraction of sp³-hybridized carbons (Fsp3) is 0.696. The highest BCUT2D eigenvalue weighted by Gasteiger charge is 2.39. The van der Waals surface area contributed by atoms with E-state index in [2.05, 4.69) is 65.1 Å². The first kappa shape index (κ1) is 24.7. The van der Waals surface area contributed by atoms with Crippen molar-refractivity contribution in [2.24, 2.45) is 0 Å². The van der Waals surface area contributed by atoms with Gasteiger partial charge in [-0.2, -0.15) is 0 Å². The van der Waals surface area contributed by atoms with Gasteiger partial charge in [-0.25, -0.2) is 4.79 Å². The largest absolute Gasteiger partial charge is 0.457 e. The van der Waals surface area contributed by atoms with Crippen LogP contribution in [0.4, 0.5) is 0 Å². The molecule has 1 atom stereocenters. The molecule has 28 heavy (non-hydrogen) atoms. The number of ether oxygens (including phenoxy) is 2. The Morgan fingerprint density at radius 2 is 1.86 bits per heavy atom. The van der Waals surface area contributed by atoms with Crippen molar-refractivity contribution in [2.75, 3.05) is 0 Å². The molecule has 0 spiro atoms. The van der Waals surface area contributed by atoms with E-state index in [0.717, 1.165) is 6.42 Å². The monoisotopic (exact) mass is 408 g/mol. The van der Waals surface area contributed by atoms with Crippen molar-refractivity contribution >= 4 is 14.3 Å². The van der Waals surface area contributed by atoms with Crippen LogP contribution in [0.15, 0.2) is 36.1 Å². The summed E-state index contributed by atoms with van der Waals surface area (Å²) in [5.74, 6) is -0.690. The van der Waals surface area contributed by atoms with Crippen LogP contribution in [-0.4, -0.2) is 26.2 Å². The van der Waals surface area contributed by atoms with Crippen molar-refractivity contribution in [3.8, 4) is 0 Å². The Balaban J connectivity index is 2.87. The van der Waals surface area contributed by atoms with E-state index in [1.54, 1.807) is 13.8 Å². The highest BCUT2D eigenvalue weighted by molar-refractivity contribution is 6.74. The molecule has 0 saturated carbocycles. The Kier molecular flexibility index (Phi) is 9.22. The molecule has 5 heteroatoms. The maximum atomic E-state index is 11.9. The molecule has 1 aliphatic heterocycles. The predicted octanol–water partition coefficient (Wildman–Crippen LogP) is 6.65. The van der Waals surface area contributed by atoms with Crippen molar-refractivity contribution < 1.29 is 18.7 Å². The molecule has 0 fully saturated rings. The van der Waals surface area contributed by atoms with Crippen LogP contribution in [0.5, 0.6) is 0 Å². The smallest absolute Gasteiger partial charge is 0.337 e. The summed E-state index contributed by atoms with van der Waals surface area (Å²) in [6, 6.07) is 0. The normalized spacial score (nSPS) is 18.9. The third-order valence-electron chi connectivity index (χ3n) is 5.20. The van der Waals surface area contributed by atoms with Crippen LogP contribution in [0, 0.1) is 0 Å². The predicted molar refractivity (Wildman–Crippen MR) is 118 cm³/mol. The van der Waals surface area contributed by atoms with Gasteiger partial charge in [-0.15, -0.1) is 0 Å². The third-order valence-corrected chi connectivity index (χ3v) is 9.71. The fourth-order valence-electron chi connectivity index (χ4n) is 2.65. The van der Waals surface area contributed by atoms with Crippen LogP contribution in [0.3, 0.4) is 0 Å². The number of allylic oxidation sites excluding steroid dienone is 3. The highest BCUT2D eigenvalue weighted by Crippen LogP contribution is 2.38. The molecule has 160 valence electrons. The van der Waals surface area contributed by atoms with Gasteiger partial charge >= 0.3 is 5.97 Å². The molecule has 0 aromatic rings. The van der Waals surface area contributed by atoms with E-state index in [4.69, 9.17) is 13.9 Å². The van der Waals surface area contributed by atoms with E-state index in [1.165, 1.54) is 25.3 Å². The fourth-order valence-corrected chi connectivity index (χ4v) is 3.92. The first-order valence-corrected chi connectivity index (χ1v) is 13.4. The molecule has 1 aliphatic rings.